The molecule has 0 saturated heterocycles. The van der Waals surface area contributed by atoms with Crippen LogP contribution in [-0.2, 0) is 0 Å². The average Bonchev–Trinajstić information content (AvgIpc) is 2.36. The van der Waals surface area contributed by atoms with Crippen LogP contribution in [0.4, 0.5) is 8.78 Å². The molecule has 0 atom stereocenters. The highest BCUT2D eigenvalue weighted by Gasteiger charge is 2.22. The van der Waals surface area contributed by atoms with Crippen LogP contribution in [0.25, 0.3) is 5.70 Å². The molecule has 0 unspecified atom stereocenters. The molecule has 1 nitrogen and oxygen atoms in total. The van der Waals surface area contributed by atoms with E-state index in [0.717, 1.165) is 15.7 Å². The first kappa shape index (κ1) is 14.5. The summed E-state index contributed by atoms with van der Waals surface area (Å²) in [4.78, 5) is 1.53. The summed E-state index contributed by atoms with van der Waals surface area (Å²) in [5.74, 6) is 0. The fraction of sp³-hybridized carbons (Fsp3) is 0.143. The largest absolute Gasteiger partial charge is 0.335 e. The molecular weight excluding hydrogens is 380 g/mol. The first-order valence-electron chi connectivity index (χ1n) is 5.57. The van der Waals surface area contributed by atoms with Crippen LogP contribution in [0.3, 0.4) is 0 Å². The van der Waals surface area contributed by atoms with Crippen molar-refractivity contribution in [3.63, 3.8) is 0 Å². The minimum atomic E-state index is -2.42. The Morgan fingerprint density at radius 1 is 1.11 bits per heavy atom. The molecule has 1 aliphatic heterocycles. The molecule has 0 spiro atoms. The third-order valence-corrected chi connectivity index (χ3v) is 3.99. The molecule has 1 aromatic rings. The van der Waals surface area contributed by atoms with Gasteiger partial charge in [0, 0.05) is 20.3 Å². The first-order chi connectivity index (χ1) is 8.99. The maximum atomic E-state index is 12.7. The number of nitrogens with zero attached hydrogens (tertiary/aromatic N) is 1. The molecule has 1 aromatic carbocycles. The first-order valence-corrected chi connectivity index (χ1v) is 7.16. The van der Waals surface area contributed by atoms with Crippen LogP contribution in [0.5, 0.6) is 0 Å². The number of halogens is 4. The smallest absolute Gasteiger partial charge is 0.256 e. The van der Waals surface area contributed by atoms with E-state index in [1.165, 1.54) is 4.90 Å². The summed E-state index contributed by atoms with van der Waals surface area (Å²) >= 11 is 6.67. The Bertz CT molecular complexity index is 547. The van der Waals surface area contributed by atoms with E-state index in [2.05, 4.69) is 38.4 Å². The lowest BCUT2D eigenvalue weighted by atomic mass is 10.1. The standard InChI is InChI=1S/C14H11Br2F2N/c1-9-12(16)6-7-13(19(9)8-14(17)18)10-2-4-11(15)5-3-10/h2-7,14H,1,8H2. The Kier molecular flexibility index (Phi) is 4.58. The van der Waals surface area contributed by atoms with E-state index in [1.54, 1.807) is 0 Å². The topological polar surface area (TPSA) is 3.24 Å². The van der Waals surface area contributed by atoms with Crippen LogP contribution in [0.2, 0.25) is 0 Å². The third-order valence-electron chi connectivity index (χ3n) is 2.74. The number of benzene rings is 1. The molecule has 0 N–H and O–H groups in total. The zero-order valence-corrected chi connectivity index (χ0v) is 13.1. The van der Waals surface area contributed by atoms with Crippen molar-refractivity contribution in [3.05, 3.63) is 63.2 Å². The normalized spacial score (nSPS) is 15.6. The van der Waals surface area contributed by atoms with Gasteiger partial charge in [0.1, 0.15) is 0 Å². The van der Waals surface area contributed by atoms with Gasteiger partial charge in [-0.15, -0.1) is 0 Å². The Morgan fingerprint density at radius 3 is 2.32 bits per heavy atom. The second-order valence-corrected chi connectivity index (χ2v) is 5.79. The number of rotatable bonds is 3. The van der Waals surface area contributed by atoms with Gasteiger partial charge in [-0.05, 0) is 45.8 Å². The van der Waals surface area contributed by atoms with Crippen LogP contribution in [-0.4, -0.2) is 17.9 Å². The summed E-state index contributed by atoms with van der Waals surface area (Å²) in [5.41, 5.74) is 2.14. The lowest BCUT2D eigenvalue weighted by Crippen LogP contribution is -2.28. The summed E-state index contributed by atoms with van der Waals surface area (Å²) in [6.07, 6.45) is 1.21. The van der Waals surface area contributed by atoms with E-state index in [4.69, 9.17) is 0 Å². The highest BCUT2D eigenvalue weighted by Crippen LogP contribution is 2.34. The molecular formula is C14H11Br2F2N. The van der Waals surface area contributed by atoms with Gasteiger partial charge in [-0.1, -0.05) is 34.6 Å². The molecule has 0 radical (unpaired) electrons. The Morgan fingerprint density at radius 2 is 1.74 bits per heavy atom. The zero-order valence-electron chi connectivity index (χ0n) is 9.91. The highest BCUT2D eigenvalue weighted by molar-refractivity contribution is 9.12. The van der Waals surface area contributed by atoms with Gasteiger partial charge in [0.05, 0.1) is 6.54 Å². The van der Waals surface area contributed by atoms with Crippen molar-refractivity contribution in [1.29, 1.82) is 0 Å². The van der Waals surface area contributed by atoms with Gasteiger partial charge in [-0.2, -0.15) is 0 Å². The van der Waals surface area contributed by atoms with Gasteiger partial charge >= 0.3 is 0 Å². The van der Waals surface area contributed by atoms with E-state index < -0.39 is 6.43 Å². The Hall–Kier alpha value is -0.940. The predicted molar refractivity (Wildman–Crippen MR) is 81.0 cm³/mol. The van der Waals surface area contributed by atoms with Gasteiger partial charge in [0.25, 0.3) is 6.43 Å². The SMILES string of the molecule is C=C1C(Br)=CC=C(c2ccc(Br)cc2)N1CC(F)F. The fourth-order valence-electron chi connectivity index (χ4n) is 1.83. The molecule has 100 valence electrons. The monoisotopic (exact) mass is 389 g/mol. The van der Waals surface area contributed by atoms with E-state index in [0.29, 0.717) is 10.2 Å². The van der Waals surface area contributed by atoms with Crippen molar-refractivity contribution >= 4 is 37.6 Å². The van der Waals surface area contributed by atoms with Gasteiger partial charge < -0.3 is 4.90 Å². The number of hydrogen-bond acceptors (Lipinski definition) is 1. The van der Waals surface area contributed by atoms with Gasteiger partial charge in [0.15, 0.2) is 0 Å². The van der Waals surface area contributed by atoms with Crippen molar-refractivity contribution in [2.24, 2.45) is 0 Å². The molecule has 0 aromatic heterocycles. The van der Waals surface area contributed by atoms with Crippen molar-refractivity contribution in [2.45, 2.75) is 6.43 Å². The second-order valence-electron chi connectivity index (χ2n) is 4.02. The molecule has 0 saturated carbocycles. The minimum Gasteiger partial charge on any atom is -0.335 e. The van der Waals surface area contributed by atoms with Crippen molar-refractivity contribution < 1.29 is 8.78 Å². The van der Waals surface area contributed by atoms with E-state index >= 15 is 0 Å². The quantitative estimate of drug-likeness (QED) is 0.688. The predicted octanol–water partition coefficient (Wildman–Crippen LogP) is 5.16. The molecule has 1 heterocycles. The van der Waals surface area contributed by atoms with Crippen LogP contribution >= 0.6 is 31.9 Å². The molecule has 0 amide bonds. The zero-order chi connectivity index (χ0) is 14.0. The molecule has 0 fully saturated rings. The summed E-state index contributed by atoms with van der Waals surface area (Å²) < 4.78 is 27.1. The maximum absolute atomic E-state index is 12.7. The van der Waals surface area contributed by atoms with E-state index in [9.17, 15) is 8.78 Å². The lowest BCUT2D eigenvalue weighted by Gasteiger charge is -2.31. The number of alkyl halides is 2. The average molecular weight is 391 g/mol. The molecule has 19 heavy (non-hydrogen) atoms. The van der Waals surface area contributed by atoms with Crippen molar-refractivity contribution in [2.75, 3.05) is 6.54 Å². The number of allylic oxidation sites excluding steroid dienone is 3. The van der Waals surface area contributed by atoms with Crippen molar-refractivity contribution in [3.8, 4) is 0 Å². The maximum Gasteiger partial charge on any atom is 0.256 e. The fourth-order valence-corrected chi connectivity index (χ4v) is 2.44. The number of hydrogen-bond donors (Lipinski definition) is 0. The van der Waals surface area contributed by atoms with Crippen LogP contribution in [0.1, 0.15) is 5.56 Å². The molecule has 1 aliphatic rings. The van der Waals surface area contributed by atoms with Gasteiger partial charge in [-0.3, -0.25) is 0 Å². The van der Waals surface area contributed by atoms with Gasteiger partial charge in [0.2, 0.25) is 0 Å². The summed E-state index contributed by atoms with van der Waals surface area (Å²) in [6, 6.07) is 7.53. The molecule has 5 heteroatoms. The second kappa shape index (κ2) is 6.01. The summed E-state index contributed by atoms with van der Waals surface area (Å²) in [5, 5.41) is 0. The van der Waals surface area contributed by atoms with Crippen LogP contribution < -0.4 is 0 Å². The molecule has 0 aliphatic carbocycles. The summed E-state index contributed by atoms with van der Waals surface area (Å²) in [6.45, 7) is 3.48. The minimum absolute atomic E-state index is 0.371. The van der Waals surface area contributed by atoms with Crippen LogP contribution in [0.15, 0.2) is 57.6 Å². The van der Waals surface area contributed by atoms with Gasteiger partial charge in [-0.25, -0.2) is 8.78 Å². The Labute approximate surface area is 127 Å². The molecule has 2 rings (SSSR count). The van der Waals surface area contributed by atoms with Crippen molar-refractivity contribution in [1.82, 2.24) is 4.90 Å². The van der Waals surface area contributed by atoms with Crippen LogP contribution in [0, 0.1) is 0 Å². The summed E-state index contributed by atoms with van der Waals surface area (Å²) in [7, 11) is 0. The molecule has 0 bridgehead atoms. The lowest BCUT2D eigenvalue weighted by molar-refractivity contribution is 0.123. The van der Waals surface area contributed by atoms with E-state index in [-0.39, 0.29) is 6.54 Å². The highest BCUT2D eigenvalue weighted by atomic mass is 79.9. The third kappa shape index (κ3) is 3.34. The Balaban J connectivity index is 2.39. The van der Waals surface area contributed by atoms with E-state index in [1.807, 2.05) is 36.4 Å².